The zero-order chi connectivity index (χ0) is 8.55. The SMILES string of the molecule is O=C(O)c1ccc2c(c1)[NH2+]NN2. The summed E-state index contributed by atoms with van der Waals surface area (Å²) >= 11 is 0. The number of carbonyl (C=O) groups is 1. The molecular weight excluding hydrogens is 158 g/mol. The summed E-state index contributed by atoms with van der Waals surface area (Å²) in [5.74, 6) is -0.905. The topological polar surface area (TPSA) is 78.0 Å². The van der Waals surface area contributed by atoms with Crippen LogP contribution in [-0.2, 0) is 0 Å². The van der Waals surface area contributed by atoms with Crippen LogP contribution in [-0.4, -0.2) is 11.1 Å². The zero-order valence-corrected chi connectivity index (χ0v) is 6.16. The largest absolute Gasteiger partial charge is 0.478 e. The second kappa shape index (κ2) is 2.47. The molecule has 1 aromatic carbocycles. The Balaban J connectivity index is 2.45. The lowest BCUT2D eigenvalue weighted by Gasteiger charge is -1.94. The number of hydrogen-bond donors (Lipinski definition) is 4. The molecule has 0 amide bonds. The van der Waals surface area contributed by atoms with Crippen molar-refractivity contribution in [3.63, 3.8) is 0 Å². The molecule has 5 heteroatoms. The maximum atomic E-state index is 10.5. The van der Waals surface area contributed by atoms with E-state index in [-0.39, 0.29) is 0 Å². The lowest BCUT2D eigenvalue weighted by molar-refractivity contribution is -0.620. The minimum Gasteiger partial charge on any atom is -0.478 e. The van der Waals surface area contributed by atoms with Crippen molar-refractivity contribution in [3.8, 4) is 0 Å². The lowest BCUT2D eigenvalue weighted by Crippen LogP contribution is -2.86. The normalized spacial score (nSPS) is 13.7. The van der Waals surface area contributed by atoms with Crippen LogP contribution in [0.5, 0.6) is 0 Å². The number of hydrogen-bond acceptors (Lipinski definition) is 3. The van der Waals surface area contributed by atoms with Crippen molar-refractivity contribution >= 4 is 17.3 Å². The predicted octanol–water partition coefficient (Wildman–Crippen LogP) is -0.575. The number of carboxylic acids is 1. The summed E-state index contributed by atoms with van der Waals surface area (Å²) in [5.41, 5.74) is 9.45. The van der Waals surface area contributed by atoms with Crippen LogP contribution in [0.25, 0.3) is 0 Å². The fourth-order valence-electron chi connectivity index (χ4n) is 1.12. The van der Waals surface area contributed by atoms with Crippen LogP contribution in [0.2, 0.25) is 0 Å². The first kappa shape index (κ1) is 7.08. The van der Waals surface area contributed by atoms with E-state index in [1.807, 2.05) is 0 Å². The van der Waals surface area contributed by atoms with Gasteiger partial charge in [-0.15, -0.1) is 0 Å². The Morgan fingerprint density at radius 1 is 1.50 bits per heavy atom. The number of carboxylic acid groups (broad SMARTS) is 1. The fourth-order valence-corrected chi connectivity index (χ4v) is 1.12. The molecule has 0 saturated carbocycles. The summed E-state index contributed by atoms with van der Waals surface area (Å²) in [6.45, 7) is 0. The van der Waals surface area contributed by atoms with Gasteiger partial charge in [-0.25, -0.2) is 10.2 Å². The Morgan fingerprint density at radius 2 is 2.33 bits per heavy atom. The van der Waals surface area contributed by atoms with E-state index in [9.17, 15) is 4.79 Å². The first-order valence-electron chi connectivity index (χ1n) is 3.49. The summed E-state index contributed by atoms with van der Waals surface area (Å²) in [6, 6.07) is 4.91. The number of fused-ring (bicyclic) bond motifs is 1. The van der Waals surface area contributed by atoms with Crippen LogP contribution in [0.3, 0.4) is 0 Å². The van der Waals surface area contributed by atoms with Crippen molar-refractivity contribution in [1.82, 2.24) is 5.53 Å². The smallest absolute Gasteiger partial charge is 0.335 e. The zero-order valence-electron chi connectivity index (χ0n) is 6.16. The number of nitrogens with one attached hydrogen (secondary N) is 2. The van der Waals surface area contributed by atoms with Gasteiger partial charge in [0.15, 0.2) is 5.69 Å². The van der Waals surface area contributed by atoms with Gasteiger partial charge in [-0.1, -0.05) is 5.53 Å². The highest BCUT2D eigenvalue weighted by atomic mass is 16.4. The molecule has 0 bridgehead atoms. The molecule has 5 N–H and O–H groups in total. The highest BCUT2D eigenvalue weighted by Crippen LogP contribution is 2.19. The van der Waals surface area contributed by atoms with E-state index in [0.29, 0.717) is 5.56 Å². The van der Waals surface area contributed by atoms with Crippen LogP contribution >= 0.6 is 0 Å². The average molecular weight is 166 g/mol. The lowest BCUT2D eigenvalue weighted by atomic mass is 10.2. The van der Waals surface area contributed by atoms with Gasteiger partial charge in [-0.3, -0.25) is 5.43 Å². The van der Waals surface area contributed by atoms with E-state index in [4.69, 9.17) is 5.11 Å². The minimum absolute atomic E-state index is 0.301. The number of benzene rings is 1. The van der Waals surface area contributed by atoms with E-state index >= 15 is 0 Å². The minimum atomic E-state index is -0.905. The fraction of sp³-hybridized carbons (Fsp3) is 0. The Hall–Kier alpha value is -1.59. The summed E-state index contributed by atoms with van der Waals surface area (Å²) in [6.07, 6.45) is 0. The van der Waals surface area contributed by atoms with Crippen LogP contribution in [0.4, 0.5) is 11.4 Å². The van der Waals surface area contributed by atoms with Crippen molar-refractivity contribution in [2.24, 2.45) is 0 Å². The number of hydrazine groups is 1. The van der Waals surface area contributed by atoms with Crippen molar-refractivity contribution in [1.29, 1.82) is 0 Å². The highest BCUT2D eigenvalue weighted by Gasteiger charge is 2.15. The van der Waals surface area contributed by atoms with Gasteiger partial charge in [0.25, 0.3) is 0 Å². The van der Waals surface area contributed by atoms with Crippen molar-refractivity contribution < 1.29 is 15.3 Å². The molecule has 0 radical (unpaired) electrons. The number of quaternary nitrogens is 1. The van der Waals surface area contributed by atoms with E-state index in [0.717, 1.165) is 11.4 Å². The Labute approximate surface area is 68.3 Å². The summed E-state index contributed by atoms with van der Waals surface area (Å²) < 4.78 is 0. The third kappa shape index (κ3) is 1.01. The van der Waals surface area contributed by atoms with Gasteiger partial charge >= 0.3 is 5.97 Å². The third-order valence-electron chi connectivity index (χ3n) is 1.73. The molecule has 62 valence electrons. The highest BCUT2D eigenvalue weighted by molar-refractivity contribution is 5.89. The van der Waals surface area contributed by atoms with E-state index in [1.54, 1.807) is 23.6 Å². The van der Waals surface area contributed by atoms with Crippen molar-refractivity contribution in [2.75, 3.05) is 5.43 Å². The van der Waals surface area contributed by atoms with E-state index in [2.05, 4.69) is 11.0 Å². The monoisotopic (exact) mass is 166 g/mol. The number of aromatic carboxylic acids is 1. The van der Waals surface area contributed by atoms with Gasteiger partial charge in [0.1, 0.15) is 5.69 Å². The maximum Gasteiger partial charge on any atom is 0.335 e. The second-order valence-corrected chi connectivity index (χ2v) is 2.52. The Morgan fingerprint density at radius 3 is 3.08 bits per heavy atom. The van der Waals surface area contributed by atoms with Gasteiger partial charge in [-0.05, 0) is 12.1 Å². The van der Waals surface area contributed by atoms with Crippen LogP contribution < -0.4 is 16.4 Å². The van der Waals surface area contributed by atoms with Gasteiger partial charge in [0, 0.05) is 6.07 Å². The van der Waals surface area contributed by atoms with Crippen molar-refractivity contribution in [2.45, 2.75) is 0 Å². The van der Waals surface area contributed by atoms with Crippen LogP contribution in [0, 0.1) is 0 Å². The predicted molar refractivity (Wildman–Crippen MR) is 41.7 cm³/mol. The number of anilines is 1. The molecule has 1 aliphatic rings. The molecule has 0 fully saturated rings. The molecule has 0 saturated heterocycles. The molecule has 0 spiro atoms. The molecule has 0 atom stereocenters. The molecule has 0 aliphatic carbocycles. The molecular formula is C7H8N3O2+. The summed E-state index contributed by atoms with van der Waals surface area (Å²) in [5, 5.41) is 8.66. The quantitative estimate of drug-likeness (QED) is 0.332. The molecule has 0 aromatic heterocycles. The van der Waals surface area contributed by atoms with Crippen LogP contribution in [0.15, 0.2) is 18.2 Å². The summed E-state index contributed by atoms with van der Waals surface area (Å²) in [7, 11) is 0. The van der Waals surface area contributed by atoms with E-state index < -0.39 is 5.97 Å². The van der Waals surface area contributed by atoms with Gasteiger partial charge in [-0.2, -0.15) is 0 Å². The Kier molecular flexibility index (Phi) is 1.46. The first-order chi connectivity index (χ1) is 5.77. The van der Waals surface area contributed by atoms with Gasteiger partial charge in [0.2, 0.25) is 0 Å². The Bertz CT molecular complexity index is 337. The summed E-state index contributed by atoms with van der Waals surface area (Å²) in [4.78, 5) is 10.5. The molecule has 2 rings (SSSR count). The van der Waals surface area contributed by atoms with Crippen LogP contribution in [0.1, 0.15) is 10.4 Å². The van der Waals surface area contributed by atoms with Gasteiger partial charge in [0.05, 0.1) is 5.56 Å². The average Bonchev–Trinajstić information content (AvgIpc) is 2.49. The maximum absolute atomic E-state index is 10.5. The van der Waals surface area contributed by atoms with E-state index in [1.165, 1.54) is 0 Å². The molecule has 1 aliphatic heterocycles. The standard InChI is InChI=1S/C7H7N3O2/c11-7(12)4-1-2-5-6(3-4)9-10-8-5/h1-3,8-10H,(H,11,12)/p+1. The molecule has 12 heavy (non-hydrogen) atoms. The number of nitrogens with two attached hydrogens (primary N) is 1. The molecule has 5 nitrogen and oxygen atoms in total. The molecule has 1 heterocycles. The van der Waals surface area contributed by atoms with Gasteiger partial charge < -0.3 is 5.11 Å². The first-order valence-corrected chi connectivity index (χ1v) is 3.49. The third-order valence-corrected chi connectivity index (χ3v) is 1.73. The number of rotatable bonds is 1. The molecule has 1 aromatic rings. The molecule has 0 unspecified atom stereocenters. The second-order valence-electron chi connectivity index (χ2n) is 2.52. The van der Waals surface area contributed by atoms with Crippen molar-refractivity contribution in [3.05, 3.63) is 23.8 Å².